The summed E-state index contributed by atoms with van der Waals surface area (Å²) in [6.45, 7) is 2.25. The summed E-state index contributed by atoms with van der Waals surface area (Å²) in [5, 5.41) is 10.7. The SMILES string of the molecule is CCCCCCCCSc1ccc(/C=C/c2ccc([N+](=O)[O-])cc2)cc1. The highest BCUT2D eigenvalue weighted by atomic mass is 32.2. The summed E-state index contributed by atoms with van der Waals surface area (Å²) in [5.41, 5.74) is 2.21. The molecule has 2 aromatic carbocycles. The molecule has 0 amide bonds. The maximum Gasteiger partial charge on any atom is 0.269 e. The quantitative estimate of drug-likeness (QED) is 0.138. The summed E-state index contributed by atoms with van der Waals surface area (Å²) in [5.74, 6) is 1.18. The van der Waals surface area contributed by atoms with Gasteiger partial charge in [0.15, 0.2) is 0 Å². The molecule has 4 heteroatoms. The Bertz CT molecular complexity index is 693. The van der Waals surface area contributed by atoms with E-state index in [0.29, 0.717) is 0 Å². The molecule has 0 aliphatic rings. The molecule has 0 aliphatic carbocycles. The number of hydrogen-bond donors (Lipinski definition) is 0. The molecule has 0 N–H and O–H groups in total. The van der Waals surface area contributed by atoms with Crippen LogP contribution in [0.15, 0.2) is 53.4 Å². The Balaban J connectivity index is 1.75. The molecule has 0 unspecified atom stereocenters. The molecule has 2 rings (SSSR count). The third-order valence-corrected chi connectivity index (χ3v) is 5.32. The lowest BCUT2D eigenvalue weighted by Gasteiger charge is -2.03. The van der Waals surface area contributed by atoms with Crippen molar-refractivity contribution in [1.29, 1.82) is 0 Å². The minimum atomic E-state index is -0.380. The third kappa shape index (κ3) is 7.44. The number of nitrogens with zero attached hydrogens (tertiary/aromatic N) is 1. The van der Waals surface area contributed by atoms with Crippen LogP contribution in [0, 0.1) is 10.1 Å². The van der Waals surface area contributed by atoms with Crippen LogP contribution < -0.4 is 0 Å². The fourth-order valence-electron chi connectivity index (χ4n) is 2.65. The van der Waals surface area contributed by atoms with Crippen LogP contribution >= 0.6 is 11.8 Å². The molecule has 138 valence electrons. The van der Waals surface area contributed by atoms with Gasteiger partial charge in [-0.2, -0.15) is 0 Å². The van der Waals surface area contributed by atoms with E-state index in [9.17, 15) is 10.1 Å². The molecule has 0 heterocycles. The van der Waals surface area contributed by atoms with E-state index >= 15 is 0 Å². The fourth-order valence-corrected chi connectivity index (χ4v) is 3.56. The van der Waals surface area contributed by atoms with Crippen LogP contribution in [0.25, 0.3) is 12.2 Å². The topological polar surface area (TPSA) is 43.1 Å². The van der Waals surface area contributed by atoms with Gasteiger partial charge in [-0.3, -0.25) is 10.1 Å². The number of nitro groups is 1. The van der Waals surface area contributed by atoms with E-state index < -0.39 is 0 Å². The molecule has 0 saturated carbocycles. The Labute approximate surface area is 160 Å². The van der Waals surface area contributed by atoms with Crippen molar-refractivity contribution in [1.82, 2.24) is 0 Å². The molecule has 0 aliphatic heterocycles. The number of non-ortho nitro benzene ring substituents is 1. The Morgan fingerprint density at radius 1 is 0.846 bits per heavy atom. The highest BCUT2D eigenvalue weighted by molar-refractivity contribution is 7.99. The van der Waals surface area contributed by atoms with Gasteiger partial charge in [0, 0.05) is 17.0 Å². The normalized spacial score (nSPS) is 11.1. The van der Waals surface area contributed by atoms with Crippen molar-refractivity contribution >= 4 is 29.6 Å². The zero-order valence-corrected chi connectivity index (χ0v) is 16.2. The van der Waals surface area contributed by atoms with Gasteiger partial charge < -0.3 is 0 Å². The first-order chi connectivity index (χ1) is 12.7. The molecule has 0 atom stereocenters. The number of thioether (sulfide) groups is 1. The summed E-state index contributed by atoms with van der Waals surface area (Å²) in [7, 11) is 0. The monoisotopic (exact) mass is 369 g/mol. The molecule has 0 bridgehead atoms. The molecule has 0 fully saturated rings. The van der Waals surface area contributed by atoms with Crippen molar-refractivity contribution in [2.45, 2.75) is 50.3 Å². The molecule has 0 saturated heterocycles. The van der Waals surface area contributed by atoms with Gasteiger partial charge in [0.1, 0.15) is 0 Å². The third-order valence-electron chi connectivity index (χ3n) is 4.22. The molecule has 2 aromatic rings. The van der Waals surface area contributed by atoms with Gasteiger partial charge >= 0.3 is 0 Å². The fraction of sp³-hybridized carbons (Fsp3) is 0.364. The summed E-state index contributed by atoms with van der Waals surface area (Å²) in [4.78, 5) is 11.6. The van der Waals surface area contributed by atoms with E-state index in [4.69, 9.17) is 0 Å². The largest absolute Gasteiger partial charge is 0.269 e. The van der Waals surface area contributed by atoms with Gasteiger partial charge in [-0.15, -0.1) is 11.8 Å². The molecule has 0 radical (unpaired) electrons. The van der Waals surface area contributed by atoms with E-state index in [0.717, 1.165) is 11.1 Å². The highest BCUT2D eigenvalue weighted by Crippen LogP contribution is 2.21. The summed E-state index contributed by atoms with van der Waals surface area (Å²) in [6, 6.07) is 15.1. The first-order valence-corrected chi connectivity index (χ1v) is 10.3. The van der Waals surface area contributed by atoms with E-state index in [1.165, 1.54) is 61.3 Å². The molecular weight excluding hydrogens is 342 g/mol. The first kappa shape index (κ1) is 20.2. The maximum absolute atomic E-state index is 10.7. The van der Waals surface area contributed by atoms with Crippen LogP contribution in [-0.4, -0.2) is 10.7 Å². The van der Waals surface area contributed by atoms with Crippen molar-refractivity contribution in [3.05, 3.63) is 69.8 Å². The first-order valence-electron chi connectivity index (χ1n) is 9.34. The summed E-state index contributed by atoms with van der Waals surface area (Å²) < 4.78 is 0. The van der Waals surface area contributed by atoms with E-state index in [-0.39, 0.29) is 10.6 Å². The average Bonchev–Trinajstić information content (AvgIpc) is 2.67. The standard InChI is InChI=1S/C22H27NO2S/c1-2-3-4-5-6-7-18-26-22-16-12-20(13-17-22)9-8-19-10-14-21(15-11-19)23(24)25/h8-17H,2-7,18H2,1H3/b9-8+. The van der Waals surface area contributed by atoms with Crippen molar-refractivity contribution in [2.75, 3.05) is 5.75 Å². The Hall–Kier alpha value is -2.07. The number of hydrogen-bond acceptors (Lipinski definition) is 3. The molecule has 0 spiro atoms. The van der Waals surface area contributed by atoms with Crippen molar-refractivity contribution in [3.8, 4) is 0 Å². The summed E-state index contributed by atoms with van der Waals surface area (Å²) >= 11 is 1.92. The number of rotatable bonds is 11. The van der Waals surface area contributed by atoms with Gasteiger partial charge in [-0.1, -0.05) is 63.3 Å². The van der Waals surface area contributed by atoms with Gasteiger partial charge in [-0.05, 0) is 47.6 Å². The highest BCUT2D eigenvalue weighted by Gasteiger charge is 2.02. The van der Waals surface area contributed by atoms with E-state index in [1.54, 1.807) is 12.1 Å². The van der Waals surface area contributed by atoms with Crippen molar-refractivity contribution < 1.29 is 4.92 Å². The van der Waals surface area contributed by atoms with Crippen LogP contribution in [0.2, 0.25) is 0 Å². The Morgan fingerprint density at radius 3 is 1.96 bits per heavy atom. The summed E-state index contributed by atoms with van der Waals surface area (Å²) in [6.07, 6.45) is 12.0. The zero-order valence-electron chi connectivity index (χ0n) is 15.4. The van der Waals surface area contributed by atoms with Crippen LogP contribution in [-0.2, 0) is 0 Å². The molecular formula is C22H27NO2S. The minimum Gasteiger partial charge on any atom is -0.258 e. The lowest BCUT2D eigenvalue weighted by Crippen LogP contribution is -1.86. The maximum atomic E-state index is 10.7. The number of nitro benzene ring substituents is 1. The second kappa shape index (κ2) is 11.5. The zero-order chi connectivity index (χ0) is 18.6. The predicted molar refractivity (Wildman–Crippen MR) is 113 cm³/mol. The van der Waals surface area contributed by atoms with Gasteiger partial charge in [-0.25, -0.2) is 0 Å². The Morgan fingerprint density at radius 2 is 1.38 bits per heavy atom. The smallest absolute Gasteiger partial charge is 0.258 e. The molecule has 0 aromatic heterocycles. The van der Waals surface area contributed by atoms with Crippen LogP contribution in [0.5, 0.6) is 0 Å². The number of unbranched alkanes of at least 4 members (excludes halogenated alkanes) is 5. The minimum absolute atomic E-state index is 0.119. The van der Waals surface area contributed by atoms with Crippen molar-refractivity contribution in [2.24, 2.45) is 0 Å². The Kier molecular flexibility index (Phi) is 8.98. The van der Waals surface area contributed by atoms with E-state index in [1.807, 2.05) is 23.9 Å². The lowest BCUT2D eigenvalue weighted by molar-refractivity contribution is -0.384. The van der Waals surface area contributed by atoms with Gasteiger partial charge in [0.2, 0.25) is 0 Å². The lowest BCUT2D eigenvalue weighted by atomic mass is 10.1. The van der Waals surface area contributed by atoms with Gasteiger partial charge in [0.05, 0.1) is 4.92 Å². The van der Waals surface area contributed by atoms with Gasteiger partial charge in [0.25, 0.3) is 5.69 Å². The predicted octanol–water partition coefficient (Wildman–Crippen LogP) is 7.22. The molecule has 26 heavy (non-hydrogen) atoms. The average molecular weight is 370 g/mol. The number of benzene rings is 2. The van der Waals surface area contributed by atoms with Crippen LogP contribution in [0.4, 0.5) is 5.69 Å². The van der Waals surface area contributed by atoms with Crippen molar-refractivity contribution in [3.63, 3.8) is 0 Å². The van der Waals surface area contributed by atoms with Crippen LogP contribution in [0.1, 0.15) is 56.6 Å². The molecule has 3 nitrogen and oxygen atoms in total. The van der Waals surface area contributed by atoms with E-state index in [2.05, 4.69) is 31.2 Å². The van der Waals surface area contributed by atoms with Crippen LogP contribution in [0.3, 0.4) is 0 Å². The second-order valence-corrected chi connectivity index (χ2v) is 7.54. The second-order valence-electron chi connectivity index (χ2n) is 6.37.